The molecule has 0 saturated heterocycles. The summed E-state index contributed by atoms with van der Waals surface area (Å²) in [5, 5.41) is 7.57. The number of nitrogens with one attached hydrogen (secondary N) is 1. The Morgan fingerprint density at radius 2 is 1.86 bits per heavy atom. The Hall–Kier alpha value is -1.77. The maximum Gasteiger partial charge on any atom is 0.225 e. The van der Waals surface area contributed by atoms with Gasteiger partial charge in [0.2, 0.25) is 5.88 Å². The second-order valence-electron chi connectivity index (χ2n) is 6.15. The van der Waals surface area contributed by atoms with Crippen LogP contribution in [-0.2, 0) is 6.54 Å². The second-order valence-corrected chi connectivity index (χ2v) is 6.15. The lowest BCUT2D eigenvalue weighted by Gasteiger charge is -2.14. The fourth-order valence-electron chi connectivity index (χ4n) is 2.60. The SMILES string of the molecule is CCC(C)CCC(CC)c1cc(NCc2ccccc2)on1. The van der Waals surface area contributed by atoms with E-state index in [1.807, 2.05) is 18.2 Å². The van der Waals surface area contributed by atoms with Gasteiger partial charge in [0.1, 0.15) is 0 Å². The van der Waals surface area contributed by atoms with Crippen molar-refractivity contribution in [3.8, 4) is 0 Å². The molecular formula is C19H28N2O. The normalized spacial score (nSPS) is 13.8. The molecule has 0 bridgehead atoms. The van der Waals surface area contributed by atoms with E-state index in [4.69, 9.17) is 4.52 Å². The van der Waals surface area contributed by atoms with Crippen molar-refractivity contribution in [2.24, 2.45) is 5.92 Å². The number of aromatic nitrogens is 1. The quantitative estimate of drug-likeness (QED) is 0.654. The van der Waals surface area contributed by atoms with Gasteiger partial charge in [0, 0.05) is 18.5 Å². The lowest BCUT2D eigenvalue weighted by atomic mass is 9.91. The second kappa shape index (κ2) is 8.62. The molecule has 3 nitrogen and oxygen atoms in total. The van der Waals surface area contributed by atoms with Gasteiger partial charge in [0.15, 0.2) is 0 Å². The molecule has 0 spiro atoms. The average Bonchev–Trinajstić information content (AvgIpc) is 3.03. The van der Waals surface area contributed by atoms with Gasteiger partial charge in [-0.15, -0.1) is 0 Å². The van der Waals surface area contributed by atoms with Crippen molar-refractivity contribution < 1.29 is 4.52 Å². The molecule has 2 rings (SSSR count). The highest BCUT2D eigenvalue weighted by molar-refractivity contribution is 5.34. The third kappa shape index (κ3) is 4.90. The van der Waals surface area contributed by atoms with Gasteiger partial charge in [-0.25, -0.2) is 0 Å². The van der Waals surface area contributed by atoms with Crippen molar-refractivity contribution in [1.29, 1.82) is 0 Å². The van der Waals surface area contributed by atoms with Crippen LogP contribution in [0.5, 0.6) is 0 Å². The van der Waals surface area contributed by atoms with Crippen LogP contribution in [0.3, 0.4) is 0 Å². The summed E-state index contributed by atoms with van der Waals surface area (Å²) < 4.78 is 5.44. The molecule has 1 N–H and O–H groups in total. The van der Waals surface area contributed by atoms with E-state index in [-0.39, 0.29) is 0 Å². The average molecular weight is 300 g/mol. The van der Waals surface area contributed by atoms with Gasteiger partial charge in [-0.2, -0.15) is 0 Å². The molecule has 0 fully saturated rings. The molecule has 2 atom stereocenters. The zero-order valence-electron chi connectivity index (χ0n) is 14.0. The van der Waals surface area contributed by atoms with Crippen LogP contribution in [0.2, 0.25) is 0 Å². The molecule has 3 heteroatoms. The molecular weight excluding hydrogens is 272 g/mol. The first-order valence-electron chi connectivity index (χ1n) is 8.47. The predicted molar refractivity (Wildman–Crippen MR) is 92.0 cm³/mol. The Morgan fingerprint density at radius 3 is 2.55 bits per heavy atom. The lowest BCUT2D eigenvalue weighted by Crippen LogP contribution is -2.01. The molecule has 120 valence electrons. The number of anilines is 1. The first-order valence-corrected chi connectivity index (χ1v) is 8.47. The Labute approximate surface area is 134 Å². The molecule has 0 saturated carbocycles. The topological polar surface area (TPSA) is 38.1 Å². The summed E-state index contributed by atoms with van der Waals surface area (Å²) in [6, 6.07) is 12.4. The molecule has 22 heavy (non-hydrogen) atoms. The van der Waals surface area contributed by atoms with Crippen molar-refractivity contribution in [3.63, 3.8) is 0 Å². The van der Waals surface area contributed by atoms with Crippen molar-refractivity contribution in [1.82, 2.24) is 5.16 Å². The van der Waals surface area contributed by atoms with E-state index in [0.717, 1.165) is 30.5 Å². The van der Waals surface area contributed by atoms with Crippen LogP contribution in [0.1, 0.15) is 63.6 Å². The number of hydrogen-bond donors (Lipinski definition) is 1. The zero-order chi connectivity index (χ0) is 15.8. The highest BCUT2D eigenvalue weighted by atomic mass is 16.5. The highest BCUT2D eigenvalue weighted by Crippen LogP contribution is 2.28. The fraction of sp³-hybridized carbons (Fsp3) is 0.526. The highest BCUT2D eigenvalue weighted by Gasteiger charge is 2.15. The van der Waals surface area contributed by atoms with E-state index in [1.165, 1.54) is 24.8 Å². The molecule has 1 aromatic heterocycles. The first-order chi connectivity index (χ1) is 10.7. The molecule has 0 aliphatic rings. The number of hydrogen-bond acceptors (Lipinski definition) is 3. The van der Waals surface area contributed by atoms with Gasteiger partial charge in [0.05, 0.1) is 5.69 Å². The summed E-state index contributed by atoms with van der Waals surface area (Å²) in [6.45, 7) is 7.57. The first kappa shape index (κ1) is 16.6. The fourth-order valence-corrected chi connectivity index (χ4v) is 2.60. The molecule has 0 radical (unpaired) electrons. The Kier molecular flexibility index (Phi) is 6.50. The standard InChI is InChI=1S/C19H28N2O/c1-4-15(3)11-12-17(5-2)18-13-19(22-21-18)20-14-16-9-7-6-8-10-16/h6-10,13,15,17,20H,4-5,11-12,14H2,1-3H3. The maximum absolute atomic E-state index is 5.44. The molecule has 0 aliphatic carbocycles. The van der Waals surface area contributed by atoms with Gasteiger partial charge in [-0.3, -0.25) is 0 Å². The van der Waals surface area contributed by atoms with Gasteiger partial charge in [0.25, 0.3) is 0 Å². The van der Waals surface area contributed by atoms with Crippen LogP contribution >= 0.6 is 0 Å². The van der Waals surface area contributed by atoms with Crippen LogP contribution < -0.4 is 5.32 Å². The van der Waals surface area contributed by atoms with Crippen molar-refractivity contribution in [3.05, 3.63) is 47.7 Å². The number of benzene rings is 1. The molecule has 1 heterocycles. The maximum atomic E-state index is 5.44. The van der Waals surface area contributed by atoms with Gasteiger partial charge in [-0.05, 0) is 24.3 Å². The minimum Gasteiger partial charge on any atom is -0.350 e. The monoisotopic (exact) mass is 300 g/mol. The molecule has 0 aliphatic heterocycles. The number of rotatable bonds is 9. The van der Waals surface area contributed by atoms with Gasteiger partial charge >= 0.3 is 0 Å². The van der Waals surface area contributed by atoms with Crippen LogP contribution in [0.4, 0.5) is 5.88 Å². The van der Waals surface area contributed by atoms with Gasteiger partial charge < -0.3 is 9.84 Å². The minimum atomic E-state index is 0.505. The van der Waals surface area contributed by atoms with E-state index < -0.39 is 0 Å². The van der Waals surface area contributed by atoms with Gasteiger partial charge in [-0.1, -0.05) is 69.1 Å². The van der Waals surface area contributed by atoms with E-state index >= 15 is 0 Å². The van der Waals surface area contributed by atoms with E-state index in [0.29, 0.717) is 5.92 Å². The summed E-state index contributed by atoms with van der Waals surface area (Å²) >= 11 is 0. The van der Waals surface area contributed by atoms with Crippen molar-refractivity contribution >= 4 is 5.88 Å². The van der Waals surface area contributed by atoms with E-state index in [1.54, 1.807) is 0 Å². The number of nitrogens with zero attached hydrogens (tertiary/aromatic N) is 1. The Bertz CT molecular complexity index is 535. The van der Waals surface area contributed by atoms with E-state index in [9.17, 15) is 0 Å². The Morgan fingerprint density at radius 1 is 1.09 bits per heavy atom. The molecule has 2 unspecified atom stereocenters. The van der Waals surface area contributed by atoms with Crippen molar-refractivity contribution in [2.75, 3.05) is 5.32 Å². The van der Waals surface area contributed by atoms with Crippen LogP contribution in [-0.4, -0.2) is 5.16 Å². The van der Waals surface area contributed by atoms with Crippen molar-refractivity contribution in [2.45, 2.75) is 58.9 Å². The molecule has 0 amide bonds. The Balaban J connectivity index is 1.88. The van der Waals surface area contributed by atoms with Crippen LogP contribution in [0, 0.1) is 5.92 Å². The van der Waals surface area contributed by atoms with Crippen LogP contribution in [0.15, 0.2) is 40.9 Å². The van der Waals surface area contributed by atoms with E-state index in [2.05, 4.69) is 49.4 Å². The molecule has 2 aromatic rings. The third-order valence-corrected chi connectivity index (χ3v) is 4.45. The minimum absolute atomic E-state index is 0.505. The lowest BCUT2D eigenvalue weighted by molar-refractivity contribution is 0.398. The smallest absolute Gasteiger partial charge is 0.225 e. The molecule has 1 aromatic carbocycles. The van der Waals surface area contributed by atoms with Crippen LogP contribution in [0.25, 0.3) is 0 Å². The summed E-state index contributed by atoms with van der Waals surface area (Å²) in [6.07, 6.45) is 4.81. The third-order valence-electron chi connectivity index (χ3n) is 4.45. The summed E-state index contributed by atoms with van der Waals surface area (Å²) in [5.41, 5.74) is 2.32. The summed E-state index contributed by atoms with van der Waals surface area (Å²) in [5.74, 6) is 2.06. The zero-order valence-corrected chi connectivity index (χ0v) is 14.0. The predicted octanol–water partition coefficient (Wildman–Crippen LogP) is 5.61. The summed E-state index contributed by atoms with van der Waals surface area (Å²) in [4.78, 5) is 0. The largest absolute Gasteiger partial charge is 0.350 e. The summed E-state index contributed by atoms with van der Waals surface area (Å²) in [7, 11) is 0.